The van der Waals surface area contributed by atoms with Crippen LogP contribution in [0.2, 0.25) is 5.02 Å². The van der Waals surface area contributed by atoms with Crippen molar-refractivity contribution in [2.75, 3.05) is 19.0 Å². The van der Waals surface area contributed by atoms with Gasteiger partial charge in [-0.25, -0.2) is 9.78 Å². The minimum absolute atomic E-state index is 0.0475. The number of thioether (sulfide) groups is 1. The highest BCUT2D eigenvalue weighted by molar-refractivity contribution is 8.04. The Bertz CT molecular complexity index is 947. The maximum absolute atomic E-state index is 11.5. The van der Waals surface area contributed by atoms with E-state index in [4.69, 9.17) is 16.0 Å². The summed E-state index contributed by atoms with van der Waals surface area (Å²) in [5, 5.41) is 17.2. The zero-order chi connectivity index (χ0) is 18.7. The summed E-state index contributed by atoms with van der Waals surface area (Å²) in [6, 6.07) is 10.6. The first-order chi connectivity index (χ1) is 12.4. The Balaban J connectivity index is 1.81. The second-order valence-corrected chi connectivity index (χ2v) is 6.91. The molecule has 0 aliphatic rings. The van der Waals surface area contributed by atoms with Gasteiger partial charge in [0.05, 0.1) is 0 Å². The Morgan fingerprint density at radius 1 is 1.27 bits per heavy atom. The maximum atomic E-state index is 11.5. The normalized spacial score (nSPS) is 11.6. The summed E-state index contributed by atoms with van der Waals surface area (Å²) in [7, 11) is 3.68. The van der Waals surface area contributed by atoms with Gasteiger partial charge in [-0.2, -0.15) is 0 Å². The molecule has 134 valence electrons. The number of carbonyl (C=O) groups is 1. The van der Waals surface area contributed by atoms with E-state index in [9.17, 15) is 9.90 Å². The maximum Gasteiger partial charge on any atom is 0.342 e. The molecule has 0 atom stereocenters. The number of nitrogens with one attached hydrogen (secondary N) is 1. The summed E-state index contributed by atoms with van der Waals surface area (Å²) in [6.07, 6.45) is 1.44. The van der Waals surface area contributed by atoms with Gasteiger partial charge in [0.25, 0.3) is 0 Å². The van der Waals surface area contributed by atoms with Crippen molar-refractivity contribution in [3.05, 3.63) is 52.1 Å². The number of anilines is 1. The number of H-pyrrole nitrogens is 1. The number of hydrogen-bond donors (Lipinski definition) is 2. The van der Waals surface area contributed by atoms with Gasteiger partial charge < -0.3 is 14.4 Å². The number of rotatable bonds is 6. The Morgan fingerprint density at radius 2 is 2.00 bits per heavy atom. The van der Waals surface area contributed by atoms with E-state index in [1.165, 1.54) is 6.08 Å². The molecule has 0 spiro atoms. The van der Waals surface area contributed by atoms with Gasteiger partial charge in [-0.05, 0) is 42.1 Å². The molecule has 2 heterocycles. The van der Waals surface area contributed by atoms with Crippen molar-refractivity contribution in [3.8, 4) is 11.4 Å². The van der Waals surface area contributed by atoms with Gasteiger partial charge in [0.2, 0.25) is 5.16 Å². The van der Waals surface area contributed by atoms with Crippen molar-refractivity contribution >= 4 is 41.3 Å². The predicted molar refractivity (Wildman–Crippen MR) is 101 cm³/mol. The fourth-order valence-corrected chi connectivity index (χ4v) is 2.86. The van der Waals surface area contributed by atoms with Crippen LogP contribution in [-0.2, 0) is 4.79 Å². The first kappa shape index (κ1) is 18.1. The monoisotopic (exact) mass is 390 g/mol. The molecule has 0 aliphatic heterocycles. The number of benzene rings is 1. The quantitative estimate of drug-likeness (QED) is 0.485. The SMILES string of the molecule is CN(C)c1ccc(/C=C(\Sc2n[nH]c(-c3ccc(Cl)cc3)n2)C(=O)O)o1. The lowest BCUT2D eigenvalue weighted by atomic mass is 10.2. The molecule has 0 unspecified atom stereocenters. The molecule has 0 saturated heterocycles. The smallest absolute Gasteiger partial charge is 0.342 e. The summed E-state index contributed by atoms with van der Waals surface area (Å²) < 4.78 is 5.56. The number of hydrogen-bond acceptors (Lipinski definition) is 6. The van der Waals surface area contributed by atoms with Crippen molar-refractivity contribution in [3.63, 3.8) is 0 Å². The highest BCUT2D eigenvalue weighted by Crippen LogP contribution is 2.29. The molecular formula is C17H15ClN4O3S. The zero-order valence-corrected chi connectivity index (χ0v) is 15.5. The summed E-state index contributed by atoms with van der Waals surface area (Å²) in [5.74, 6) is 0.512. The number of aromatic nitrogens is 3. The average molecular weight is 391 g/mol. The average Bonchev–Trinajstić information content (AvgIpc) is 3.24. The van der Waals surface area contributed by atoms with E-state index in [2.05, 4.69) is 15.2 Å². The molecule has 26 heavy (non-hydrogen) atoms. The summed E-state index contributed by atoms with van der Waals surface area (Å²) in [6.45, 7) is 0. The summed E-state index contributed by atoms with van der Waals surface area (Å²) in [5.41, 5.74) is 0.802. The van der Waals surface area contributed by atoms with E-state index in [0.717, 1.165) is 17.3 Å². The number of furan rings is 1. The Morgan fingerprint density at radius 3 is 2.62 bits per heavy atom. The Labute approximate surface area is 158 Å². The van der Waals surface area contributed by atoms with E-state index in [0.29, 0.717) is 27.6 Å². The summed E-state index contributed by atoms with van der Waals surface area (Å²) >= 11 is 6.81. The van der Waals surface area contributed by atoms with E-state index < -0.39 is 5.97 Å². The van der Waals surface area contributed by atoms with Crippen LogP contribution in [0.4, 0.5) is 5.88 Å². The van der Waals surface area contributed by atoms with E-state index in [-0.39, 0.29) is 4.91 Å². The number of carboxylic acids is 1. The van der Waals surface area contributed by atoms with Crippen LogP contribution in [0.1, 0.15) is 5.76 Å². The van der Waals surface area contributed by atoms with Crippen LogP contribution in [0, 0.1) is 0 Å². The molecular weight excluding hydrogens is 376 g/mol. The van der Waals surface area contributed by atoms with Crippen LogP contribution in [0.15, 0.2) is 50.9 Å². The van der Waals surface area contributed by atoms with Crippen LogP contribution >= 0.6 is 23.4 Å². The van der Waals surface area contributed by atoms with Crippen molar-refractivity contribution < 1.29 is 14.3 Å². The third kappa shape index (κ3) is 4.27. The molecule has 0 radical (unpaired) electrons. The lowest BCUT2D eigenvalue weighted by molar-refractivity contribution is -0.131. The van der Waals surface area contributed by atoms with Crippen molar-refractivity contribution in [2.24, 2.45) is 0 Å². The zero-order valence-electron chi connectivity index (χ0n) is 13.9. The summed E-state index contributed by atoms with van der Waals surface area (Å²) in [4.78, 5) is 17.7. The van der Waals surface area contributed by atoms with Crippen LogP contribution in [0.5, 0.6) is 0 Å². The third-order valence-corrected chi connectivity index (χ3v) is 4.45. The lowest BCUT2D eigenvalue weighted by Gasteiger charge is -2.06. The standard InChI is InChI=1S/C17H15ClN4O3S/c1-22(2)14-8-7-12(25-14)9-13(16(23)24)26-17-19-15(20-21-17)10-3-5-11(18)6-4-10/h3-9H,1-2H3,(H,23,24)(H,19,20,21)/b13-9-. The van der Waals surface area contributed by atoms with Crippen molar-refractivity contribution in [1.82, 2.24) is 15.2 Å². The van der Waals surface area contributed by atoms with Gasteiger partial charge in [0, 0.05) is 36.8 Å². The number of carboxylic acid groups (broad SMARTS) is 1. The number of halogens is 1. The first-order valence-corrected chi connectivity index (χ1v) is 8.70. The van der Waals surface area contributed by atoms with Gasteiger partial charge in [-0.15, -0.1) is 5.10 Å². The lowest BCUT2D eigenvalue weighted by Crippen LogP contribution is -2.06. The second-order valence-electron chi connectivity index (χ2n) is 5.46. The van der Waals surface area contributed by atoms with E-state index in [1.807, 2.05) is 14.1 Å². The molecule has 3 aromatic rings. The largest absolute Gasteiger partial charge is 0.477 e. The Kier molecular flexibility index (Phi) is 5.34. The molecule has 3 rings (SSSR count). The first-order valence-electron chi connectivity index (χ1n) is 7.51. The predicted octanol–water partition coefficient (Wildman–Crippen LogP) is 4.00. The number of nitrogens with zero attached hydrogens (tertiary/aromatic N) is 3. The van der Waals surface area contributed by atoms with Crippen molar-refractivity contribution in [1.29, 1.82) is 0 Å². The van der Waals surface area contributed by atoms with Gasteiger partial charge in [0.15, 0.2) is 11.7 Å². The molecule has 9 heteroatoms. The van der Waals surface area contributed by atoms with Crippen LogP contribution in [-0.4, -0.2) is 40.4 Å². The van der Waals surface area contributed by atoms with Crippen LogP contribution in [0.25, 0.3) is 17.5 Å². The second kappa shape index (κ2) is 7.67. The van der Waals surface area contributed by atoms with Gasteiger partial charge in [-0.1, -0.05) is 11.6 Å². The Hall–Kier alpha value is -2.71. The molecule has 2 aromatic heterocycles. The molecule has 0 amide bonds. The van der Waals surface area contributed by atoms with Crippen LogP contribution in [0.3, 0.4) is 0 Å². The van der Waals surface area contributed by atoms with E-state index >= 15 is 0 Å². The highest BCUT2D eigenvalue weighted by atomic mass is 35.5. The minimum atomic E-state index is -1.09. The topological polar surface area (TPSA) is 95.2 Å². The molecule has 7 nitrogen and oxygen atoms in total. The molecule has 0 aliphatic carbocycles. The molecule has 0 bridgehead atoms. The minimum Gasteiger partial charge on any atom is -0.477 e. The highest BCUT2D eigenvalue weighted by Gasteiger charge is 2.15. The molecule has 0 saturated carbocycles. The fourth-order valence-electron chi connectivity index (χ4n) is 2.05. The molecule has 1 aromatic carbocycles. The van der Waals surface area contributed by atoms with Crippen LogP contribution < -0.4 is 4.90 Å². The van der Waals surface area contributed by atoms with Gasteiger partial charge in [0.1, 0.15) is 10.7 Å². The van der Waals surface area contributed by atoms with E-state index in [1.54, 1.807) is 41.3 Å². The fraction of sp³-hybridized carbons (Fsp3) is 0.118. The molecule has 0 fully saturated rings. The molecule has 2 N–H and O–H groups in total. The number of aliphatic carboxylic acids is 1. The van der Waals surface area contributed by atoms with Gasteiger partial charge >= 0.3 is 5.97 Å². The third-order valence-electron chi connectivity index (χ3n) is 3.32. The number of aromatic amines is 1. The van der Waals surface area contributed by atoms with Crippen molar-refractivity contribution in [2.45, 2.75) is 5.16 Å². The van der Waals surface area contributed by atoms with Gasteiger partial charge in [-0.3, -0.25) is 5.10 Å².